The third-order valence-electron chi connectivity index (χ3n) is 2.52. The fourth-order valence-electron chi connectivity index (χ4n) is 1.71. The lowest BCUT2D eigenvalue weighted by Crippen LogP contribution is -2.30. The number of aryl methyl sites for hydroxylation is 1. The first-order valence-electron chi connectivity index (χ1n) is 6.03. The summed E-state index contributed by atoms with van der Waals surface area (Å²) in [5, 5.41) is 2.82. The second-order valence-electron chi connectivity index (χ2n) is 4.55. The molecule has 17 heavy (non-hydrogen) atoms. The Kier molecular flexibility index (Phi) is 5.56. The van der Waals surface area contributed by atoms with E-state index in [1.807, 2.05) is 6.92 Å². The number of furan rings is 1. The van der Waals surface area contributed by atoms with Crippen molar-refractivity contribution in [1.29, 1.82) is 0 Å². The maximum absolute atomic E-state index is 11.8. The van der Waals surface area contributed by atoms with Crippen LogP contribution in [0, 0.1) is 5.92 Å². The number of halogens is 1. The number of nitrogens with one attached hydrogen (secondary N) is 1. The fraction of sp³-hybridized carbons (Fsp3) is 0.615. The summed E-state index contributed by atoms with van der Waals surface area (Å²) in [5.41, 5.74) is 0.612. The van der Waals surface area contributed by atoms with Crippen LogP contribution in [0.5, 0.6) is 0 Å². The predicted molar refractivity (Wildman–Crippen MR) is 69.5 cm³/mol. The lowest BCUT2D eigenvalue weighted by Gasteiger charge is -2.12. The van der Waals surface area contributed by atoms with Crippen molar-refractivity contribution in [2.45, 2.75) is 39.0 Å². The topological polar surface area (TPSA) is 42.2 Å². The van der Waals surface area contributed by atoms with Crippen molar-refractivity contribution in [3.8, 4) is 0 Å². The zero-order valence-electron chi connectivity index (χ0n) is 10.6. The molecule has 1 unspecified atom stereocenters. The van der Waals surface area contributed by atoms with E-state index >= 15 is 0 Å². The number of hydrogen-bond donors (Lipinski definition) is 1. The van der Waals surface area contributed by atoms with Crippen LogP contribution in [-0.2, 0) is 6.42 Å². The summed E-state index contributed by atoms with van der Waals surface area (Å²) in [7, 11) is 0. The number of amides is 1. The molecule has 0 aliphatic heterocycles. The van der Waals surface area contributed by atoms with Gasteiger partial charge in [-0.25, -0.2) is 0 Å². The molecular weight excluding hydrogens is 238 g/mol. The summed E-state index contributed by atoms with van der Waals surface area (Å²) in [6.45, 7) is 6.68. The summed E-state index contributed by atoms with van der Waals surface area (Å²) in [6.07, 6.45) is 3.15. The first-order chi connectivity index (χ1) is 8.04. The van der Waals surface area contributed by atoms with Crippen LogP contribution in [0.2, 0.25) is 0 Å². The molecule has 96 valence electrons. The second kappa shape index (κ2) is 6.70. The minimum absolute atomic E-state index is 0.0177. The number of rotatable bonds is 6. The van der Waals surface area contributed by atoms with Crippen LogP contribution in [-0.4, -0.2) is 17.8 Å². The van der Waals surface area contributed by atoms with Crippen molar-refractivity contribution in [2.24, 2.45) is 5.92 Å². The second-order valence-corrected chi connectivity index (χ2v) is 5.17. The van der Waals surface area contributed by atoms with E-state index in [4.69, 9.17) is 16.0 Å². The van der Waals surface area contributed by atoms with Gasteiger partial charge in [-0.1, -0.05) is 20.8 Å². The summed E-state index contributed by atoms with van der Waals surface area (Å²) in [6, 6.07) is 1.69. The van der Waals surface area contributed by atoms with Crippen LogP contribution in [0.3, 0.4) is 0 Å². The van der Waals surface area contributed by atoms with Gasteiger partial charge in [0.25, 0.3) is 5.91 Å². The Labute approximate surface area is 108 Å². The Morgan fingerprint density at radius 1 is 1.53 bits per heavy atom. The minimum atomic E-state index is -0.106. The Balaban J connectivity index is 2.45. The van der Waals surface area contributed by atoms with Crippen molar-refractivity contribution in [2.75, 3.05) is 6.54 Å². The van der Waals surface area contributed by atoms with E-state index in [9.17, 15) is 4.79 Å². The number of carbonyl (C=O) groups excluding carboxylic acids is 1. The molecular formula is C13H20ClNO2. The molecule has 0 aliphatic rings. The lowest BCUT2D eigenvalue weighted by atomic mass is 10.1. The highest BCUT2D eigenvalue weighted by molar-refractivity contribution is 6.21. The van der Waals surface area contributed by atoms with Crippen molar-refractivity contribution in [3.05, 3.63) is 23.7 Å². The Morgan fingerprint density at radius 2 is 2.24 bits per heavy atom. The molecule has 4 heteroatoms. The van der Waals surface area contributed by atoms with E-state index in [0.29, 0.717) is 24.4 Å². The Hall–Kier alpha value is -0.960. The van der Waals surface area contributed by atoms with Crippen molar-refractivity contribution < 1.29 is 9.21 Å². The molecule has 1 N–H and O–H groups in total. The van der Waals surface area contributed by atoms with Gasteiger partial charge in [-0.15, -0.1) is 11.6 Å². The quantitative estimate of drug-likeness (QED) is 0.795. The molecule has 1 aromatic rings. The highest BCUT2D eigenvalue weighted by Gasteiger charge is 2.14. The van der Waals surface area contributed by atoms with Gasteiger partial charge in [0.15, 0.2) is 0 Å². The number of carbonyl (C=O) groups is 1. The zero-order chi connectivity index (χ0) is 12.8. The zero-order valence-corrected chi connectivity index (χ0v) is 11.4. The molecule has 1 atom stereocenters. The molecule has 0 fully saturated rings. The smallest absolute Gasteiger partial charge is 0.254 e. The maximum atomic E-state index is 11.8. The van der Waals surface area contributed by atoms with Crippen molar-refractivity contribution >= 4 is 17.5 Å². The van der Waals surface area contributed by atoms with Gasteiger partial charge < -0.3 is 9.73 Å². The highest BCUT2D eigenvalue weighted by Crippen LogP contribution is 2.12. The van der Waals surface area contributed by atoms with Gasteiger partial charge in [0.2, 0.25) is 0 Å². The maximum Gasteiger partial charge on any atom is 0.254 e. The monoisotopic (exact) mass is 257 g/mol. The van der Waals surface area contributed by atoms with Gasteiger partial charge in [-0.2, -0.15) is 0 Å². The minimum Gasteiger partial charge on any atom is -0.469 e. The molecule has 0 aliphatic carbocycles. The molecule has 3 nitrogen and oxygen atoms in total. The number of hydrogen-bond acceptors (Lipinski definition) is 2. The van der Waals surface area contributed by atoms with Crippen LogP contribution in [0.1, 0.15) is 43.3 Å². The first-order valence-corrected chi connectivity index (χ1v) is 6.46. The summed E-state index contributed by atoms with van der Waals surface area (Å²) in [5.74, 6) is 1.15. The highest BCUT2D eigenvalue weighted by atomic mass is 35.5. The third kappa shape index (κ3) is 4.43. The van der Waals surface area contributed by atoms with Crippen LogP contribution in [0.25, 0.3) is 0 Å². The predicted octanol–water partition coefficient (Wildman–Crippen LogP) is 3.23. The molecule has 0 saturated carbocycles. The van der Waals surface area contributed by atoms with Gasteiger partial charge >= 0.3 is 0 Å². The van der Waals surface area contributed by atoms with Crippen LogP contribution < -0.4 is 5.32 Å². The standard InChI is InChI=1S/C13H20ClNO2/c1-4-12-11(5-6-17-12)13(16)15-8-10(14)7-9(2)3/h5-6,9-10H,4,7-8H2,1-3H3,(H,15,16). The van der Waals surface area contributed by atoms with Crippen LogP contribution >= 0.6 is 11.6 Å². The van der Waals surface area contributed by atoms with E-state index in [1.165, 1.54) is 0 Å². The molecule has 0 bridgehead atoms. The van der Waals surface area contributed by atoms with Gasteiger partial charge in [0.1, 0.15) is 5.76 Å². The molecule has 1 aromatic heterocycles. The normalized spacial score (nSPS) is 12.8. The fourth-order valence-corrected chi connectivity index (χ4v) is 2.14. The molecule has 1 rings (SSSR count). The van der Waals surface area contributed by atoms with Gasteiger partial charge in [0, 0.05) is 13.0 Å². The van der Waals surface area contributed by atoms with Gasteiger partial charge in [-0.3, -0.25) is 4.79 Å². The van der Waals surface area contributed by atoms with Crippen molar-refractivity contribution in [1.82, 2.24) is 5.32 Å². The van der Waals surface area contributed by atoms with E-state index < -0.39 is 0 Å². The van der Waals surface area contributed by atoms with E-state index in [1.54, 1.807) is 12.3 Å². The van der Waals surface area contributed by atoms with E-state index in [0.717, 1.165) is 12.2 Å². The largest absolute Gasteiger partial charge is 0.469 e. The van der Waals surface area contributed by atoms with Crippen molar-refractivity contribution in [3.63, 3.8) is 0 Å². The Bertz CT molecular complexity index is 360. The molecule has 1 amide bonds. The average Bonchev–Trinajstić information content (AvgIpc) is 2.72. The Morgan fingerprint density at radius 3 is 2.82 bits per heavy atom. The molecule has 0 radical (unpaired) electrons. The van der Waals surface area contributed by atoms with E-state index in [2.05, 4.69) is 19.2 Å². The summed E-state index contributed by atoms with van der Waals surface area (Å²) >= 11 is 6.12. The molecule has 1 heterocycles. The van der Waals surface area contributed by atoms with E-state index in [-0.39, 0.29) is 11.3 Å². The molecule has 0 aromatic carbocycles. The average molecular weight is 258 g/mol. The summed E-state index contributed by atoms with van der Waals surface area (Å²) < 4.78 is 5.21. The third-order valence-corrected chi connectivity index (χ3v) is 2.85. The molecule has 0 saturated heterocycles. The first kappa shape index (κ1) is 14.1. The van der Waals surface area contributed by atoms with Gasteiger partial charge in [-0.05, 0) is 18.4 Å². The van der Waals surface area contributed by atoms with Crippen LogP contribution in [0.4, 0.5) is 0 Å². The lowest BCUT2D eigenvalue weighted by molar-refractivity contribution is 0.0951. The molecule has 0 spiro atoms. The van der Waals surface area contributed by atoms with Crippen LogP contribution in [0.15, 0.2) is 16.7 Å². The summed E-state index contributed by atoms with van der Waals surface area (Å²) in [4.78, 5) is 11.8. The van der Waals surface area contributed by atoms with Gasteiger partial charge in [0.05, 0.1) is 17.2 Å². The SMILES string of the molecule is CCc1occc1C(=O)NCC(Cl)CC(C)C. The number of alkyl halides is 1.